The Balaban J connectivity index is 3.02. The molecule has 0 radical (unpaired) electrons. The maximum absolute atomic E-state index is 6.20. The second kappa shape index (κ2) is 4.71. The van der Waals surface area contributed by atoms with Crippen molar-refractivity contribution >= 4 is 35.8 Å². The van der Waals surface area contributed by atoms with Gasteiger partial charge in [-0.15, -0.1) is 0 Å². The second-order valence-corrected chi connectivity index (χ2v) is 11.4. The van der Waals surface area contributed by atoms with Crippen molar-refractivity contribution < 1.29 is 4.43 Å². The van der Waals surface area contributed by atoms with Gasteiger partial charge >= 0.3 is 0 Å². The van der Waals surface area contributed by atoms with Crippen molar-refractivity contribution in [3.8, 4) is 5.75 Å². The number of halogens is 2. The summed E-state index contributed by atoms with van der Waals surface area (Å²) >= 11 is 9.61. The Bertz CT molecular complexity index is 385. The first-order valence-corrected chi connectivity index (χ1v) is 9.36. The van der Waals surface area contributed by atoms with E-state index in [1.165, 1.54) is 0 Å². The van der Waals surface area contributed by atoms with Gasteiger partial charge in [-0.05, 0) is 46.2 Å². The fourth-order valence-electron chi connectivity index (χ4n) is 0.991. The van der Waals surface area contributed by atoms with Crippen molar-refractivity contribution in [3.63, 3.8) is 0 Å². The van der Waals surface area contributed by atoms with E-state index >= 15 is 0 Å². The number of rotatable bonds is 2. The summed E-state index contributed by atoms with van der Waals surface area (Å²) in [4.78, 5) is 0. The first kappa shape index (κ1) is 14.1. The minimum Gasteiger partial charge on any atom is -0.542 e. The highest BCUT2D eigenvalue weighted by Crippen LogP contribution is 2.40. The topological polar surface area (TPSA) is 9.23 Å². The standard InChI is InChI=1S/C12H18BrClOSi/c1-12(2,3)16(4,5)15-10-8-6-7-9(13)11(10)14/h6-8H,1-5H3. The largest absolute Gasteiger partial charge is 0.542 e. The molecule has 4 heteroatoms. The van der Waals surface area contributed by atoms with Gasteiger partial charge in [0.2, 0.25) is 0 Å². The fraction of sp³-hybridized carbons (Fsp3) is 0.500. The van der Waals surface area contributed by atoms with Crippen molar-refractivity contribution in [1.29, 1.82) is 0 Å². The minimum absolute atomic E-state index is 0.179. The molecule has 0 bridgehead atoms. The van der Waals surface area contributed by atoms with Gasteiger partial charge < -0.3 is 4.43 Å². The zero-order valence-corrected chi connectivity index (χ0v) is 13.7. The van der Waals surface area contributed by atoms with Gasteiger partial charge in [0.05, 0.1) is 5.02 Å². The lowest BCUT2D eigenvalue weighted by Gasteiger charge is -2.36. The van der Waals surface area contributed by atoms with Crippen LogP contribution in [0, 0.1) is 0 Å². The van der Waals surface area contributed by atoms with Crippen LogP contribution < -0.4 is 4.43 Å². The molecule has 0 aliphatic carbocycles. The van der Waals surface area contributed by atoms with E-state index in [4.69, 9.17) is 16.0 Å². The van der Waals surface area contributed by atoms with Crippen molar-refractivity contribution in [3.05, 3.63) is 27.7 Å². The zero-order valence-electron chi connectivity index (χ0n) is 10.4. The molecule has 1 aromatic carbocycles. The second-order valence-electron chi connectivity index (χ2n) is 5.41. The van der Waals surface area contributed by atoms with E-state index in [0.29, 0.717) is 5.02 Å². The van der Waals surface area contributed by atoms with Gasteiger partial charge in [-0.1, -0.05) is 38.4 Å². The minimum atomic E-state index is -1.81. The molecule has 0 aliphatic heterocycles. The molecule has 1 nitrogen and oxygen atoms in total. The fourth-order valence-corrected chi connectivity index (χ4v) is 2.59. The molecule has 0 unspecified atom stereocenters. The molecule has 0 heterocycles. The van der Waals surface area contributed by atoms with Crippen LogP contribution in [0.15, 0.2) is 22.7 Å². The molecule has 0 fully saturated rings. The Morgan fingerprint density at radius 2 is 1.81 bits per heavy atom. The average Bonchev–Trinajstić information content (AvgIpc) is 2.11. The number of benzene rings is 1. The lowest BCUT2D eigenvalue weighted by atomic mass is 10.2. The van der Waals surface area contributed by atoms with Gasteiger partial charge in [0.25, 0.3) is 8.32 Å². The molecule has 0 N–H and O–H groups in total. The highest BCUT2D eigenvalue weighted by molar-refractivity contribution is 9.10. The third kappa shape index (κ3) is 3.02. The summed E-state index contributed by atoms with van der Waals surface area (Å²) in [6.07, 6.45) is 0. The molecule has 16 heavy (non-hydrogen) atoms. The van der Waals surface area contributed by atoms with E-state index in [2.05, 4.69) is 49.8 Å². The smallest absolute Gasteiger partial charge is 0.250 e. The van der Waals surface area contributed by atoms with E-state index in [0.717, 1.165) is 10.2 Å². The highest BCUT2D eigenvalue weighted by Gasteiger charge is 2.39. The predicted molar refractivity (Wildman–Crippen MR) is 77.0 cm³/mol. The predicted octanol–water partition coefficient (Wildman–Crippen LogP) is 5.49. The van der Waals surface area contributed by atoms with E-state index in [1.807, 2.05) is 18.2 Å². The van der Waals surface area contributed by atoms with Crippen LogP contribution in [-0.4, -0.2) is 8.32 Å². The molecule has 0 atom stereocenters. The maximum atomic E-state index is 6.20. The van der Waals surface area contributed by atoms with Crippen LogP contribution in [0.3, 0.4) is 0 Å². The van der Waals surface area contributed by atoms with Gasteiger partial charge in [0.1, 0.15) is 5.75 Å². The highest BCUT2D eigenvalue weighted by atomic mass is 79.9. The Kier molecular flexibility index (Phi) is 4.14. The third-order valence-corrected chi connectivity index (χ3v) is 8.71. The summed E-state index contributed by atoms with van der Waals surface area (Å²) in [6.45, 7) is 11.1. The summed E-state index contributed by atoms with van der Waals surface area (Å²) in [6, 6.07) is 5.78. The van der Waals surface area contributed by atoms with Gasteiger partial charge in [-0.25, -0.2) is 0 Å². The van der Waals surface area contributed by atoms with Crippen LogP contribution in [0.1, 0.15) is 20.8 Å². The summed E-state index contributed by atoms with van der Waals surface area (Å²) in [5, 5.41) is 0.839. The summed E-state index contributed by atoms with van der Waals surface area (Å²) in [5.41, 5.74) is 0. The van der Waals surface area contributed by atoms with Crippen LogP contribution >= 0.6 is 27.5 Å². The van der Waals surface area contributed by atoms with Crippen LogP contribution in [-0.2, 0) is 0 Å². The van der Waals surface area contributed by atoms with Gasteiger partial charge in [-0.2, -0.15) is 0 Å². The molecular weight excluding hydrogens is 304 g/mol. The van der Waals surface area contributed by atoms with Crippen LogP contribution in [0.4, 0.5) is 0 Å². The first-order valence-electron chi connectivity index (χ1n) is 5.28. The molecule has 0 aromatic heterocycles. The third-order valence-electron chi connectivity index (χ3n) is 3.09. The van der Waals surface area contributed by atoms with Crippen molar-refractivity contribution in [2.75, 3.05) is 0 Å². The summed E-state index contributed by atoms with van der Waals surface area (Å²) in [7, 11) is -1.81. The monoisotopic (exact) mass is 320 g/mol. The quantitative estimate of drug-likeness (QED) is 0.655. The normalized spacial score (nSPS) is 12.7. The summed E-state index contributed by atoms with van der Waals surface area (Å²) < 4.78 is 7.03. The molecule has 0 saturated carbocycles. The lowest BCUT2D eigenvalue weighted by molar-refractivity contribution is 0.492. The number of hydrogen-bond acceptors (Lipinski definition) is 1. The maximum Gasteiger partial charge on any atom is 0.250 e. The van der Waals surface area contributed by atoms with Crippen molar-refractivity contribution in [2.45, 2.75) is 38.9 Å². The molecule has 0 saturated heterocycles. The average molecular weight is 322 g/mol. The van der Waals surface area contributed by atoms with Crippen LogP contribution in [0.25, 0.3) is 0 Å². The van der Waals surface area contributed by atoms with E-state index in [1.54, 1.807) is 0 Å². The Morgan fingerprint density at radius 1 is 1.25 bits per heavy atom. The molecule has 0 aliphatic rings. The SMILES string of the molecule is CC(C)(C)[Si](C)(C)Oc1cccc(Br)c1Cl. The van der Waals surface area contributed by atoms with E-state index < -0.39 is 8.32 Å². The van der Waals surface area contributed by atoms with E-state index in [-0.39, 0.29) is 5.04 Å². The van der Waals surface area contributed by atoms with Crippen molar-refractivity contribution in [2.24, 2.45) is 0 Å². The Labute approximate surface area is 112 Å². The van der Waals surface area contributed by atoms with E-state index in [9.17, 15) is 0 Å². The zero-order chi connectivity index (χ0) is 12.6. The van der Waals surface area contributed by atoms with Crippen LogP contribution in [0.5, 0.6) is 5.75 Å². The first-order chi connectivity index (χ1) is 7.15. The van der Waals surface area contributed by atoms with Gasteiger partial charge in [0, 0.05) is 4.47 Å². The van der Waals surface area contributed by atoms with Crippen LogP contribution in [0.2, 0.25) is 23.2 Å². The Hall–Kier alpha value is 0.00688. The lowest BCUT2D eigenvalue weighted by Crippen LogP contribution is -2.43. The molecule has 0 spiro atoms. The summed E-state index contributed by atoms with van der Waals surface area (Å²) in [5.74, 6) is 0.780. The number of hydrogen-bond donors (Lipinski definition) is 0. The van der Waals surface area contributed by atoms with Crippen molar-refractivity contribution in [1.82, 2.24) is 0 Å². The molecular formula is C12H18BrClOSi. The Morgan fingerprint density at radius 3 is 2.31 bits per heavy atom. The molecule has 1 aromatic rings. The van der Waals surface area contributed by atoms with Gasteiger partial charge in [-0.3, -0.25) is 0 Å². The molecule has 90 valence electrons. The molecule has 1 rings (SSSR count). The molecule has 0 amide bonds. The van der Waals surface area contributed by atoms with Gasteiger partial charge in [0.15, 0.2) is 0 Å².